The zero-order valence-corrected chi connectivity index (χ0v) is 20.5. The molecule has 1 heterocycles. The number of likely N-dealkylation sites (N-methyl/N-ethyl adjacent to an activating group) is 1. The standard InChI is InChI=1S/C26H37N3O4/c1-16(2)28-24(32)18(4)11-20-13-26(33)19(5)29(6)10-9-25(26,14-23(20)27-15-30)22-12-21(31)8-7-17(22)3/h7-8,11-12,15-16,19,31,33H,9-10,13-14H2,1-6H3,(H,27,30)(H,28,32)/b18-11+. The Balaban J connectivity index is 2.20. The van der Waals surface area contributed by atoms with Gasteiger partial charge in [-0.2, -0.15) is 0 Å². The molecule has 2 amide bonds. The number of nitrogens with one attached hydrogen (secondary N) is 2. The lowest BCUT2D eigenvalue weighted by Gasteiger charge is -2.60. The number of carbonyl (C=O) groups is 2. The average molecular weight is 456 g/mol. The van der Waals surface area contributed by atoms with E-state index in [0.717, 1.165) is 23.2 Å². The van der Waals surface area contributed by atoms with Crippen LogP contribution in [-0.4, -0.2) is 58.7 Å². The third-order valence-electron chi connectivity index (χ3n) is 7.54. The molecule has 180 valence electrons. The average Bonchev–Trinajstić information content (AvgIpc) is 2.74. The number of likely N-dealkylation sites (tertiary alicyclic amines) is 1. The number of fused-ring (bicyclic) bond motifs is 1. The number of carbonyl (C=O) groups excluding carboxylic acids is 2. The molecule has 1 fully saturated rings. The van der Waals surface area contributed by atoms with Crippen molar-refractivity contribution in [3.63, 3.8) is 0 Å². The molecule has 1 aromatic carbocycles. The molecule has 4 N–H and O–H groups in total. The quantitative estimate of drug-likeness (QED) is 0.390. The van der Waals surface area contributed by atoms with Crippen molar-refractivity contribution in [2.24, 2.45) is 0 Å². The van der Waals surface area contributed by atoms with E-state index in [2.05, 4.69) is 15.5 Å². The number of aliphatic hydroxyl groups is 1. The molecule has 1 aliphatic heterocycles. The Morgan fingerprint density at radius 1 is 1.30 bits per heavy atom. The molecule has 0 spiro atoms. The fourth-order valence-corrected chi connectivity index (χ4v) is 5.56. The molecule has 3 atom stereocenters. The first-order chi connectivity index (χ1) is 15.4. The summed E-state index contributed by atoms with van der Waals surface area (Å²) in [7, 11) is 2.00. The maximum Gasteiger partial charge on any atom is 0.247 e. The van der Waals surface area contributed by atoms with Gasteiger partial charge in [0.1, 0.15) is 5.75 Å². The van der Waals surface area contributed by atoms with Crippen LogP contribution in [0.1, 0.15) is 58.1 Å². The number of amides is 2. The van der Waals surface area contributed by atoms with Gasteiger partial charge in [0, 0.05) is 41.6 Å². The van der Waals surface area contributed by atoms with Crippen LogP contribution in [0.2, 0.25) is 0 Å². The lowest BCUT2D eigenvalue weighted by atomic mass is 9.53. The third kappa shape index (κ3) is 4.44. The number of hydrogen-bond donors (Lipinski definition) is 4. The van der Waals surface area contributed by atoms with Gasteiger partial charge < -0.3 is 25.7 Å². The van der Waals surface area contributed by atoms with Crippen LogP contribution in [0.5, 0.6) is 5.75 Å². The number of hydrogen-bond acceptors (Lipinski definition) is 5. The number of piperidine rings is 1. The molecule has 0 saturated carbocycles. The largest absolute Gasteiger partial charge is 0.508 e. The van der Waals surface area contributed by atoms with Gasteiger partial charge in [0.05, 0.1) is 5.60 Å². The number of allylic oxidation sites excluding steroid dienone is 2. The Morgan fingerprint density at radius 2 is 2.00 bits per heavy atom. The molecule has 1 aliphatic carbocycles. The minimum Gasteiger partial charge on any atom is -0.508 e. The molecule has 1 saturated heterocycles. The van der Waals surface area contributed by atoms with E-state index in [9.17, 15) is 19.8 Å². The highest BCUT2D eigenvalue weighted by molar-refractivity contribution is 5.93. The third-order valence-corrected chi connectivity index (χ3v) is 7.54. The maximum absolute atomic E-state index is 12.5. The molecular formula is C26H37N3O4. The van der Waals surface area contributed by atoms with Crippen molar-refractivity contribution >= 4 is 12.3 Å². The zero-order valence-electron chi connectivity index (χ0n) is 20.5. The van der Waals surface area contributed by atoms with Gasteiger partial charge >= 0.3 is 0 Å². The molecule has 33 heavy (non-hydrogen) atoms. The van der Waals surface area contributed by atoms with E-state index in [1.54, 1.807) is 25.1 Å². The van der Waals surface area contributed by atoms with Crippen molar-refractivity contribution in [1.82, 2.24) is 15.5 Å². The summed E-state index contributed by atoms with van der Waals surface area (Å²) in [5.74, 6) is -0.0240. The molecule has 3 unspecified atom stereocenters. The molecule has 7 heteroatoms. The van der Waals surface area contributed by atoms with Crippen molar-refractivity contribution in [2.75, 3.05) is 13.6 Å². The van der Waals surface area contributed by atoms with E-state index >= 15 is 0 Å². The van der Waals surface area contributed by atoms with Crippen LogP contribution in [0.3, 0.4) is 0 Å². The van der Waals surface area contributed by atoms with Crippen molar-refractivity contribution in [1.29, 1.82) is 0 Å². The van der Waals surface area contributed by atoms with Crippen LogP contribution in [0.25, 0.3) is 0 Å². The van der Waals surface area contributed by atoms with Gasteiger partial charge in [-0.25, -0.2) is 0 Å². The van der Waals surface area contributed by atoms with E-state index in [4.69, 9.17) is 0 Å². The second kappa shape index (κ2) is 9.31. The van der Waals surface area contributed by atoms with Crippen molar-refractivity contribution in [3.8, 4) is 5.75 Å². The monoisotopic (exact) mass is 455 g/mol. The normalized spacial score (nSPS) is 28.5. The van der Waals surface area contributed by atoms with Gasteiger partial charge in [-0.1, -0.05) is 6.07 Å². The molecule has 0 radical (unpaired) electrons. The van der Waals surface area contributed by atoms with Crippen LogP contribution in [-0.2, 0) is 15.0 Å². The topological polar surface area (TPSA) is 102 Å². The number of phenolic OH excluding ortho intramolecular Hbond substituents is 1. The predicted octanol–water partition coefficient (Wildman–Crippen LogP) is 2.66. The maximum atomic E-state index is 12.5. The summed E-state index contributed by atoms with van der Waals surface area (Å²) in [6, 6.07) is 5.10. The first-order valence-corrected chi connectivity index (χ1v) is 11.6. The van der Waals surface area contributed by atoms with Gasteiger partial charge in [-0.3, -0.25) is 9.59 Å². The fraction of sp³-hybridized carbons (Fsp3) is 0.538. The van der Waals surface area contributed by atoms with Crippen LogP contribution < -0.4 is 10.6 Å². The van der Waals surface area contributed by atoms with Crippen molar-refractivity contribution in [2.45, 2.75) is 77.0 Å². The lowest BCUT2D eigenvalue weighted by molar-refractivity contribution is -0.132. The van der Waals surface area contributed by atoms with Crippen LogP contribution >= 0.6 is 0 Å². The summed E-state index contributed by atoms with van der Waals surface area (Å²) in [4.78, 5) is 26.2. The smallest absolute Gasteiger partial charge is 0.247 e. The summed E-state index contributed by atoms with van der Waals surface area (Å²) in [6.45, 7) is 10.3. The summed E-state index contributed by atoms with van der Waals surface area (Å²) in [5, 5.41) is 28.4. The minimum atomic E-state index is -1.17. The SMILES string of the molecule is C/C(=C\C1=C(NC=O)CC2(c3cc(O)ccc3C)CCN(C)C(C)C2(O)C1)C(=O)NC(C)C. The van der Waals surface area contributed by atoms with E-state index in [1.807, 2.05) is 40.8 Å². The number of rotatable bonds is 6. The Morgan fingerprint density at radius 3 is 2.64 bits per heavy atom. The molecule has 0 bridgehead atoms. The number of benzene rings is 1. The van der Waals surface area contributed by atoms with Gasteiger partial charge in [-0.15, -0.1) is 0 Å². The Labute approximate surface area is 196 Å². The fourth-order valence-electron chi connectivity index (χ4n) is 5.56. The van der Waals surface area contributed by atoms with Crippen LogP contribution in [0, 0.1) is 6.92 Å². The Bertz CT molecular complexity index is 999. The second-order valence-electron chi connectivity index (χ2n) is 9.99. The first kappa shape index (κ1) is 25.0. The predicted molar refractivity (Wildman–Crippen MR) is 129 cm³/mol. The van der Waals surface area contributed by atoms with E-state index < -0.39 is 11.0 Å². The van der Waals surface area contributed by atoms with E-state index in [-0.39, 0.29) is 30.2 Å². The highest BCUT2D eigenvalue weighted by atomic mass is 16.3. The molecule has 2 aliphatic rings. The minimum absolute atomic E-state index is 0.00587. The number of nitrogens with zero attached hydrogens (tertiary/aromatic N) is 1. The van der Waals surface area contributed by atoms with Gasteiger partial charge in [0.25, 0.3) is 0 Å². The van der Waals surface area contributed by atoms with Crippen LogP contribution in [0.4, 0.5) is 0 Å². The Hall–Kier alpha value is -2.64. The van der Waals surface area contributed by atoms with Gasteiger partial charge in [-0.05, 0) is 89.5 Å². The molecule has 7 nitrogen and oxygen atoms in total. The van der Waals surface area contributed by atoms with Crippen molar-refractivity contribution < 1.29 is 19.8 Å². The van der Waals surface area contributed by atoms with Crippen molar-refractivity contribution in [3.05, 3.63) is 52.2 Å². The summed E-state index contributed by atoms with van der Waals surface area (Å²) < 4.78 is 0. The zero-order chi connectivity index (χ0) is 24.6. The first-order valence-electron chi connectivity index (χ1n) is 11.6. The van der Waals surface area contributed by atoms with Gasteiger partial charge in [0.2, 0.25) is 12.3 Å². The summed E-state index contributed by atoms with van der Waals surface area (Å²) in [5.41, 5.74) is 1.98. The van der Waals surface area contributed by atoms with Gasteiger partial charge in [0.15, 0.2) is 0 Å². The second-order valence-corrected chi connectivity index (χ2v) is 9.99. The summed E-state index contributed by atoms with van der Waals surface area (Å²) >= 11 is 0. The van der Waals surface area contributed by atoms with E-state index in [0.29, 0.717) is 30.5 Å². The van der Waals surface area contributed by atoms with E-state index in [1.165, 1.54) is 0 Å². The molecule has 3 rings (SSSR count). The number of aromatic hydroxyl groups is 1. The molecule has 0 aromatic heterocycles. The molecular weight excluding hydrogens is 418 g/mol. The number of phenols is 1. The van der Waals surface area contributed by atoms with Crippen LogP contribution in [0.15, 0.2) is 41.1 Å². The lowest BCUT2D eigenvalue weighted by Crippen LogP contribution is -2.68. The number of aryl methyl sites for hydroxylation is 1. The highest BCUT2D eigenvalue weighted by Gasteiger charge is 2.60. The molecule has 1 aromatic rings. The Kier molecular flexibility index (Phi) is 7.05. The highest BCUT2D eigenvalue weighted by Crippen LogP contribution is 2.56. The summed E-state index contributed by atoms with van der Waals surface area (Å²) in [6.07, 6.45) is 3.77.